The largest absolute Gasteiger partial charge is 0.323 e. The predicted octanol–water partition coefficient (Wildman–Crippen LogP) is 4.90. The van der Waals surface area contributed by atoms with Crippen LogP contribution in [0.5, 0.6) is 0 Å². The van der Waals surface area contributed by atoms with Gasteiger partial charge in [0.2, 0.25) is 0 Å². The Balaban J connectivity index is 1.74. The van der Waals surface area contributed by atoms with Crippen molar-refractivity contribution >= 4 is 39.6 Å². The van der Waals surface area contributed by atoms with Gasteiger partial charge in [-0.25, -0.2) is 0 Å². The Labute approximate surface area is 169 Å². The van der Waals surface area contributed by atoms with Crippen LogP contribution in [0, 0.1) is 22.7 Å². The molecule has 2 N–H and O–H groups in total. The van der Waals surface area contributed by atoms with E-state index in [1.54, 1.807) is 35.6 Å². The fourth-order valence-corrected chi connectivity index (χ4v) is 4.97. The summed E-state index contributed by atoms with van der Waals surface area (Å²) in [4.78, 5) is 13.5. The molecule has 1 heterocycles. The second-order valence-electron chi connectivity index (χ2n) is 7.90. The number of fused-ring (bicyclic) bond motifs is 1. The lowest BCUT2D eigenvalue weighted by atomic mass is 9.72. The number of benzene rings is 1. The van der Waals surface area contributed by atoms with Crippen LogP contribution < -0.4 is 10.6 Å². The van der Waals surface area contributed by atoms with E-state index in [-0.39, 0.29) is 16.4 Å². The molecule has 0 spiro atoms. The van der Waals surface area contributed by atoms with Crippen LogP contribution >= 0.6 is 23.6 Å². The van der Waals surface area contributed by atoms with E-state index in [4.69, 9.17) is 12.2 Å². The molecular formula is C21H23N3OS2. The molecule has 3 rings (SSSR count). The maximum Gasteiger partial charge on any atom is 0.257 e. The number of nitrogens with zero attached hydrogens (tertiary/aromatic N) is 1. The van der Waals surface area contributed by atoms with E-state index in [1.165, 1.54) is 4.88 Å². The fraction of sp³-hybridized carbons (Fsp3) is 0.381. The number of nitriles is 1. The SMILES string of the molecule is CC(C)(C)C1CCc2c(sc(NC(=S)NC(=O)c3ccccc3)c2C#N)C1. The average Bonchev–Trinajstić information content (AvgIpc) is 2.97. The summed E-state index contributed by atoms with van der Waals surface area (Å²) in [7, 11) is 0. The van der Waals surface area contributed by atoms with Gasteiger partial charge < -0.3 is 5.32 Å². The zero-order valence-electron chi connectivity index (χ0n) is 15.8. The van der Waals surface area contributed by atoms with E-state index < -0.39 is 0 Å². The molecule has 1 amide bonds. The predicted molar refractivity (Wildman–Crippen MR) is 114 cm³/mol. The zero-order chi connectivity index (χ0) is 19.6. The monoisotopic (exact) mass is 397 g/mol. The second-order valence-corrected chi connectivity index (χ2v) is 9.41. The Kier molecular flexibility index (Phi) is 5.64. The van der Waals surface area contributed by atoms with Gasteiger partial charge in [-0.2, -0.15) is 5.26 Å². The molecule has 1 unspecified atom stereocenters. The van der Waals surface area contributed by atoms with Crippen LogP contribution in [0.15, 0.2) is 30.3 Å². The van der Waals surface area contributed by atoms with Gasteiger partial charge in [0.15, 0.2) is 5.11 Å². The Morgan fingerprint density at radius 1 is 1.30 bits per heavy atom. The van der Waals surface area contributed by atoms with Gasteiger partial charge in [-0.3, -0.25) is 10.1 Å². The average molecular weight is 398 g/mol. The van der Waals surface area contributed by atoms with Crippen LogP contribution in [-0.4, -0.2) is 11.0 Å². The third-order valence-electron chi connectivity index (χ3n) is 5.09. The lowest BCUT2D eigenvalue weighted by Gasteiger charge is -2.33. The molecule has 0 fully saturated rings. The number of rotatable bonds is 2. The first-order valence-electron chi connectivity index (χ1n) is 9.01. The van der Waals surface area contributed by atoms with Crippen molar-refractivity contribution in [2.24, 2.45) is 11.3 Å². The molecule has 0 radical (unpaired) electrons. The lowest BCUT2D eigenvalue weighted by Crippen LogP contribution is -2.34. The van der Waals surface area contributed by atoms with Gasteiger partial charge in [0.25, 0.3) is 5.91 Å². The standard InChI is InChI=1S/C21H23N3OS2/c1-21(2,3)14-9-10-15-16(12-22)19(27-17(15)11-14)24-20(26)23-18(25)13-7-5-4-6-8-13/h4-8,14H,9-11H2,1-3H3,(H2,23,24,25,26). The molecule has 1 aliphatic carbocycles. The topological polar surface area (TPSA) is 64.9 Å². The number of thiophene rings is 1. The van der Waals surface area contributed by atoms with Crippen LogP contribution in [0.1, 0.15) is 53.6 Å². The first kappa shape index (κ1) is 19.5. The fourth-order valence-electron chi connectivity index (χ4n) is 3.43. The van der Waals surface area contributed by atoms with Gasteiger partial charge in [-0.05, 0) is 60.5 Å². The molecule has 0 bridgehead atoms. The number of anilines is 1. The summed E-state index contributed by atoms with van der Waals surface area (Å²) >= 11 is 6.88. The van der Waals surface area contributed by atoms with E-state index in [9.17, 15) is 10.1 Å². The summed E-state index contributed by atoms with van der Waals surface area (Å²) in [6.45, 7) is 6.82. The van der Waals surface area contributed by atoms with Gasteiger partial charge in [-0.15, -0.1) is 11.3 Å². The number of nitrogens with one attached hydrogen (secondary N) is 2. The summed E-state index contributed by atoms with van der Waals surface area (Å²) in [5, 5.41) is 16.4. The highest BCUT2D eigenvalue weighted by molar-refractivity contribution is 7.80. The summed E-state index contributed by atoms with van der Waals surface area (Å²) in [6.07, 6.45) is 3.00. The van der Waals surface area contributed by atoms with E-state index in [1.807, 2.05) is 6.07 Å². The Morgan fingerprint density at radius 3 is 2.63 bits per heavy atom. The molecule has 6 heteroatoms. The van der Waals surface area contributed by atoms with Crippen molar-refractivity contribution in [2.75, 3.05) is 5.32 Å². The van der Waals surface area contributed by atoms with Crippen molar-refractivity contribution < 1.29 is 4.79 Å². The molecule has 27 heavy (non-hydrogen) atoms. The zero-order valence-corrected chi connectivity index (χ0v) is 17.4. The van der Waals surface area contributed by atoms with Crippen molar-refractivity contribution in [3.63, 3.8) is 0 Å². The maximum atomic E-state index is 12.2. The van der Waals surface area contributed by atoms with Crippen molar-refractivity contribution in [1.82, 2.24) is 5.32 Å². The minimum absolute atomic E-state index is 0.214. The summed E-state index contributed by atoms with van der Waals surface area (Å²) in [6, 6.07) is 11.2. The Hall–Kier alpha value is -2.23. The maximum absolute atomic E-state index is 12.2. The molecule has 1 atom stereocenters. The van der Waals surface area contributed by atoms with Crippen molar-refractivity contribution in [3.8, 4) is 6.07 Å². The molecule has 1 aliphatic rings. The van der Waals surface area contributed by atoms with Gasteiger partial charge in [0.1, 0.15) is 11.1 Å². The van der Waals surface area contributed by atoms with Crippen LogP contribution in [0.25, 0.3) is 0 Å². The molecule has 0 saturated carbocycles. The smallest absolute Gasteiger partial charge is 0.257 e. The van der Waals surface area contributed by atoms with Crippen molar-refractivity contribution in [3.05, 3.63) is 51.9 Å². The van der Waals surface area contributed by atoms with E-state index >= 15 is 0 Å². The first-order valence-corrected chi connectivity index (χ1v) is 10.2. The molecule has 2 aromatic rings. The van der Waals surface area contributed by atoms with E-state index in [0.29, 0.717) is 17.0 Å². The van der Waals surface area contributed by atoms with Gasteiger partial charge >= 0.3 is 0 Å². The van der Waals surface area contributed by atoms with Crippen LogP contribution in [0.4, 0.5) is 5.00 Å². The number of amides is 1. The van der Waals surface area contributed by atoms with E-state index in [0.717, 1.165) is 29.8 Å². The minimum Gasteiger partial charge on any atom is -0.323 e. The third kappa shape index (κ3) is 4.37. The minimum atomic E-state index is -0.263. The molecule has 1 aromatic carbocycles. The highest BCUT2D eigenvalue weighted by Crippen LogP contribution is 2.43. The molecule has 140 valence electrons. The second kappa shape index (κ2) is 7.79. The van der Waals surface area contributed by atoms with Crippen molar-refractivity contribution in [1.29, 1.82) is 5.26 Å². The normalized spacial score (nSPS) is 16.1. The number of carbonyl (C=O) groups is 1. The van der Waals surface area contributed by atoms with Crippen molar-refractivity contribution in [2.45, 2.75) is 40.0 Å². The third-order valence-corrected chi connectivity index (χ3v) is 6.47. The highest BCUT2D eigenvalue weighted by Gasteiger charge is 2.32. The van der Waals surface area contributed by atoms with Gasteiger partial charge in [-0.1, -0.05) is 39.0 Å². The number of hydrogen-bond acceptors (Lipinski definition) is 4. The molecule has 0 saturated heterocycles. The summed E-state index contributed by atoms with van der Waals surface area (Å²) in [5.74, 6) is 0.341. The Morgan fingerprint density at radius 2 is 2.00 bits per heavy atom. The van der Waals surface area contributed by atoms with Crippen LogP contribution in [0.2, 0.25) is 0 Å². The number of hydrogen-bond donors (Lipinski definition) is 2. The van der Waals surface area contributed by atoms with Crippen LogP contribution in [-0.2, 0) is 12.8 Å². The number of thiocarbonyl (C=S) groups is 1. The number of carbonyl (C=O) groups excluding carboxylic acids is 1. The molecular weight excluding hydrogens is 374 g/mol. The van der Waals surface area contributed by atoms with Gasteiger partial charge in [0, 0.05) is 10.4 Å². The quantitative estimate of drug-likeness (QED) is 0.708. The lowest BCUT2D eigenvalue weighted by molar-refractivity contribution is 0.0977. The molecule has 4 nitrogen and oxygen atoms in total. The Bertz CT molecular complexity index is 904. The summed E-state index contributed by atoms with van der Waals surface area (Å²) < 4.78 is 0. The molecule has 1 aromatic heterocycles. The highest BCUT2D eigenvalue weighted by atomic mass is 32.1. The summed E-state index contributed by atoms with van der Waals surface area (Å²) in [5.41, 5.74) is 2.60. The first-order chi connectivity index (χ1) is 12.8. The molecule has 0 aliphatic heterocycles. The van der Waals surface area contributed by atoms with Crippen LogP contribution in [0.3, 0.4) is 0 Å². The van der Waals surface area contributed by atoms with Gasteiger partial charge in [0.05, 0.1) is 5.56 Å². The van der Waals surface area contributed by atoms with E-state index in [2.05, 4.69) is 37.5 Å².